The summed E-state index contributed by atoms with van der Waals surface area (Å²) in [6.07, 6.45) is 6.13. The van der Waals surface area contributed by atoms with Crippen molar-refractivity contribution in [2.45, 2.75) is 39.0 Å². The molecule has 0 unspecified atom stereocenters. The van der Waals surface area contributed by atoms with Crippen LogP contribution >= 0.6 is 0 Å². The Morgan fingerprint density at radius 3 is 2.25 bits per heavy atom. The maximum atomic E-state index is 10.2. The van der Waals surface area contributed by atoms with Gasteiger partial charge in [-0.15, -0.1) is 0 Å². The first kappa shape index (κ1) is 18.6. The van der Waals surface area contributed by atoms with Crippen molar-refractivity contribution in [2.24, 2.45) is 5.73 Å². The highest BCUT2D eigenvalue weighted by molar-refractivity contribution is 5.87. The molecule has 0 aliphatic rings. The van der Waals surface area contributed by atoms with Gasteiger partial charge in [-0.3, -0.25) is 0 Å². The van der Waals surface area contributed by atoms with Crippen LogP contribution in [0.4, 0.5) is 0 Å². The molecule has 4 heteroatoms. The normalized spacial score (nSPS) is 9.70. The van der Waals surface area contributed by atoms with E-state index < -0.39 is 5.97 Å². The number of nitrogens with two attached hydrogens (primary N) is 1. The zero-order chi connectivity index (χ0) is 15.1. The fraction of sp³-hybridized carbons (Fsp3) is 0.562. The van der Waals surface area contributed by atoms with Gasteiger partial charge in [-0.25, -0.2) is 4.79 Å². The number of rotatable bonds is 9. The molecule has 3 N–H and O–H groups in total. The maximum Gasteiger partial charge on any atom is 0.335 e. The van der Waals surface area contributed by atoms with Gasteiger partial charge in [0.15, 0.2) is 0 Å². The van der Waals surface area contributed by atoms with Crippen molar-refractivity contribution in [1.82, 2.24) is 0 Å². The summed E-state index contributed by atoms with van der Waals surface area (Å²) in [7, 11) is 0. The molecule has 0 fully saturated rings. The van der Waals surface area contributed by atoms with Crippen molar-refractivity contribution in [3.05, 3.63) is 35.9 Å². The monoisotopic (exact) mass is 281 g/mol. The van der Waals surface area contributed by atoms with Crippen LogP contribution < -0.4 is 5.73 Å². The molecule has 0 bridgehead atoms. The van der Waals surface area contributed by atoms with E-state index in [1.807, 2.05) is 0 Å². The standard InChI is InChI=1S/C9H21NO.C7H6O2/c1-2-3-4-5-8-11-9-6-7-10;8-7(9)6-4-2-1-3-5-6/h2-10H2,1H3;1-5H,(H,8,9). The lowest BCUT2D eigenvalue weighted by atomic mass is 10.2. The number of carboxylic acids is 1. The minimum absolute atomic E-state index is 0.331. The van der Waals surface area contributed by atoms with Crippen LogP contribution in [-0.2, 0) is 4.74 Å². The van der Waals surface area contributed by atoms with Crippen LogP contribution in [0.1, 0.15) is 49.4 Å². The molecular weight excluding hydrogens is 254 g/mol. The molecule has 0 aliphatic heterocycles. The molecule has 0 heterocycles. The van der Waals surface area contributed by atoms with E-state index in [1.165, 1.54) is 25.7 Å². The topological polar surface area (TPSA) is 72.5 Å². The molecule has 0 radical (unpaired) electrons. The van der Waals surface area contributed by atoms with Crippen LogP contribution in [-0.4, -0.2) is 30.8 Å². The van der Waals surface area contributed by atoms with Gasteiger partial charge < -0.3 is 15.6 Å². The third-order valence-corrected chi connectivity index (χ3v) is 2.66. The number of aromatic carboxylic acids is 1. The van der Waals surface area contributed by atoms with E-state index >= 15 is 0 Å². The Morgan fingerprint density at radius 2 is 1.75 bits per heavy atom. The SMILES string of the molecule is CCCCCCOCCCN.O=C(O)c1ccccc1. The Balaban J connectivity index is 0.000000367. The third kappa shape index (κ3) is 11.7. The number of hydrogen-bond acceptors (Lipinski definition) is 3. The van der Waals surface area contributed by atoms with E-state index in [2.05, 4.69) is 6.92 Å². The van der Waals surface area contributed by atoms with Gasteiger partial charge in [0.1, 0.15) is 0 Å². The van der Waals surface area contributed by atoms with Gasteiger partial charge in [0, 0.05) is 13.2 Å². The summed E-state index contributed by atoms with van der Waals surface area (Å²) in [5, 5.41) is 8.38. The lowest BCUT2D eigenvalue weighted by molar-refractivity contribution is 0.0697. The smallest absolute Gasteiger partial charge is 0.335 e. The Morgan fingerprint density at radius 1 is 1.10 bits per heavy atom. The summed E-state index contributed by atoms with van der Waals surface area (Å²) in [6, 6.07) is 8.30. The van der Waals surface area contributed by atoms with Gasteiger partial charge in [0.2, 0.25) is 0 Å². The molecule has 114 valence electrons. The van der Waals surface area contributed by atoms with Crippen molar-refractivity contribution in [1.29, 1.82) is 0 Å². The van der Waals surface area contributed by atoms with Crippen LogP contribution in [0.15, 0.2) is 30.3 Å². The summed E-state index contributed by atoms with van der Waals surface area (Å²) < 4.78 is 5.34. The van der Waals surface area contributed by atoms with Gasteiger partial charge in [-0.1, -0.05) is 44.4 Å². The summed E-state index contributed by atoms with van der Waals surface area (Å²) in [5.41, 5.74) is 5.64. The summed E-state index contributed by atoms with van der Waals surface area (Å²) in [4.78, 5) is 10.2. The van der Waals surface area contributed by atoms with Crippen LogP contribution in [0.3, 0.4) is 0 Å². The first-order valence-corrected chi connectivity index (χ1v) is 7.28. The Kier molecular flexibility index (Phi) is 13.1. The zero-order valence-electron chi connectivity index (χ0n) is 12.4. The predicted octanol–water partition coefficient (Wildman–Crippen LogP) is 3.32. The van der Waals surface area contributed by atoms with Crippen molar-refractivity contribution < 1.29 is 14.6 Å². The van der Waals surface area contributed by atoms with Crippen LogP contribution in [0.5, 0.6) is 0 Å². The number of benzene rings is 1. The van der Waals surface area contributed by atoms with Crippen molar-refractivity contribution in [3.63, 3.8) is 0 Å². The molecule has 0 saturated heterocycles. The molecule has 4 nitrogen and oxygen atoms in total. The van der Waals surface area contributed by atoms with E-state index in [9.17, 15) is 4.79 Å². The molecule has 1 aromatic rings. The van der Waals surface area contributed by atoms with Gasteiger partial charge in [-0.05, 0) is 31.5 Å². The van der Waals surface area contributed by atoms with Gasteiger partial charge in [0.25, 0.3) is 0 Å². The zero-order valence-corrected chi connectivity index (χ0v) is 12.4. The second-order valence-electron chi connectivity index (χ2n) is 4.49. The number of ether oxygens (including phenoxy) is 1. The van der Waals surface area contributed by atoms with E-state index in [4.69, 9.17) is 15.6 Å². The van der Waals surface area contributed by atoms with E-state index in [-0.39, 0.29) is 0 Å². The summed E-state index contributed by atoms with van der Waals surface area (Å²) in [6.45, 7) is 4.72. The Bertz CT molecular complexity index is 320. The van der Waals surface area contributed by atoms with Crippen molar-refractivity contribution in [2.75, 3.05) is 19.8 Å². The quantitative estimate of drug-likeness (QED) is 0.681. The minimum atomic E-state index is -0.879. The number of carbonyl (C=O) groups is 1. The number of carboxylic acid groups (broad SMARTS) is 1. The molecule has 0 saturated carbocycles. The highest BCUT2D eigenvalue weighted by Gasteiger charge is 1.96. The molecule has 0 spiro atoms. The van der Waals surface area contributed by atoms with Crippen molar-refractivity contribution >= 4 is 5.97 Å². The second kappa shape index (κ2) is 14.0. The third-order valence-electron chi connectivity index (χ3n) is 2.66. The van der Waals surface area contributed by atoms with Crippen molar-refractivity contribution in [3.8, 4) is 0 Å². The molecule has 20 heavy (non-hydrogen) atoms. The lowest BCUT2D eigenvalue weighted by Crippen LogP contribution is -2.04. The average molecular weight is 281 g/mol. The second-order valence-corrected chi connectivity index (χ2v) is 4.49. The van der Waals surface area contributed by atoms with E-state index in [0.717, 1.165) is 26.2 Å². The van der Waals surface area contributed by atoms with Crippen LogP contribution in [0.25, 0.3) is 0 Å². The van der Waals surface area contributed by atoms with Gasteiger partial charge in [0.05, 0.1) is 5.56 Å². The van der Waals surface area contributed by atoms with Gasteiger partial charge >= 0.3 is 5.97 Å². The first-order valence-electron chi connectivity index (χ1n) is 7.28. The molecular formula is C16H27NO3. The molecule has 1 aromatic carbocycles. The highest BCUT2D eigenvalue weighted by atomic mass is 16.5. The fourth-order valence-electron chi connectivity index (χ4n) is 1.50. The lowest BCUT2D eigenvalue weighted by Gasteiger charge is -2.01. The van der Waals surface area contributed by atoms with Gasteiger partial charge in [-0.2, -0.15) is 0 Å². The minimum Gasteiger partial charge on any atom is -0.478 e. The Labute approximate surface area is 121 Å². The van der Waals surface area contributed by atoms with E-state index in [0.29, 0.717) is 5.56 Å². The fourth-order valence-corrected chi connectivity index (χ4v) is 1.50. The Hall–Kier alpha value is -1.39. The van der Waals surface area contributed by atoms with Crippen LogP contribution in [0.2, 0.25) is 0 Å². The summed E-state index contributed by atoms with van der Waals surface area (Å²) in [5.74, 6) is -0.879. The molecule has 0 atom stereocenters. The van der Waals surface area contributed by atoms with Crippen LogP contribution in [0, 0.1) is 0 Å². The number of hydrogen-bond donors (Lipinski definition) is 2. The molecule has 0 amide bonds. The number of unbranched alkanes of at least 4 members (excludes halogenated alkanes) is 3. The first-order chi connectivity index (χ1) is 9.72. The van der Waals surface area contributed by atoms with E-state index in [1.54, 1.807) is 30.3 Å². The predicted molar refractivity (Wildman–Crippen MR) is 82.0 cm³/mol. The molecule has 1 rings (SSSR count). The molecule has 0 aliphatic carbocycles. The largest absolute Gasteiger partial charge is 0.478 e. The molecule has 0 aromatic heterocycles. The highest BCUT2D eigenvalue weighted by Crippen LogP contribution is 1.98. The average Bonchev–Trinajstić information content (AvgIpc) is 2.48. The summed E-state index contributed by atoms with van der Waals surface area (Å²) >= 11 is 0. The maximum absolute atomic E-state index is 10.2.